The fourth-order valence-corrected chi connectivity index (χ4v) is 2.60. The van der Waals surface area contributed by atoms with Crippen LogP contribution in [0.25, 0.3) is 22.0 Å². The van der Waals surface area contributed by atoms with E-state index in [1.807, 2.05) is 55.5 Å². The Hall–Kier alpha value is -2.52. The Labute approximate surface area is 123 Å². The molecule has 0 bridgehead atoms. The van der Waals surface area contributed by atoms with E-state index in [9.17, 15) is 4.79 Å². The van der Waals surface area contributed by atoms with E-state index in [2.05, 4.69) is 4.98 Å². The summed E-state index contributed by atoms with van der Waals surface area (Å²) < 4.78 is 0. The Morgan fingerprint density at radius 1 is 1.10 bits per heavy atom. The van der Waals surface area contributed by atoms with E-state index in [0.29, 0.717) is 5.56 Å². The van der Waals surface area contributed by atoms with Crippen LogP contribution in [0.5, 0.6) is 0 Å². The van der Waals surface area contributed by atoms with E-state index in [4.69, 9.17) is 5.73 Å². The van der Waals surface area contributed by atoms with Crippen molar-refractivity contribution in [1.29, 1.82) is 0 Å². The van der Waals surface area contributed by atoms with Crippen LogP contribution in [-0.4, -0.2) is 11.3 Å². The van der Waals surface area contributed by atoms with Crippen LogP contribution in [-0.2, 0) is 0 Å². The summed E-state index contributed by atoms with van der Waals surface area (Å²) in [5, 5.41) is 1.09. The second kappa shape index (κ2) is 5.46. The van der Waals surface area contributed by atoms with Crippen LogP contribution >= 0.6 is 0 Å². The lowest BCUT2D eigenvalue weighted by atomic mass is 9.92. The van der Waals surface area contributed by atoms with Gasteiger partial charge in [0.2, 0.25) is 0 Å². The quantitative estimate of drug-likeness (QED) is 0.741. The molecule has 104 valence electrons. The summed E-state index contributed by atoms with van der Waals surface area (Å²) >= 11 is 0. The zero-order chi connectivity index (χ0) is 14.8. The molecule has 3 rings (SSSR count). The molecule has 0 saturated carbocycles. The highest BCUT2D eigenvalue weighted by Gasteiger charge is 2.12. The van der Waals surface area contributed by atoms with Crippen molar-refractivity contribution in [1.82, 2.24) is 4.98 Å². The number of rotatable bonds is 3. The number of fused-ring (bicyclic) bond motifs is 1. The summed E-state index contributed by atoms with van der Waals surface area (Å²) in [5.41, 5.74) is 10.7. The molecule has 1 aromatic heterocycles. The van der Waals surface area contributed by atoms with Gasteiger partial charge in [-0.2, -0.15) is 0 Å². The fourth-order valence-electron chi connectivity index (χ4n) is 2.60. The van der Waals surface area contributed by atoms with Crippen molar-refractivity contribution < 1.29 is 4.79 Å². The number of aromatic nitrogens is 1. The van der Waals surface area contributed by atoms with Gasteiger partial charge in [-0.05, 0) is 30.2 Å². The third-order valence-corrected chi connectivity index (χ3v) is 3.63. The first kappa shape index (κ1) is 13.5. The van der Waals surface area contributed by atoms with Gasteiger partial charge in [-0.25, -0.2) is 0 Å². The van der Waals surface area contributed by atoms with E-state index in [1.54, 1.807) is 6.20 Å². The number of nitrogens with zero attached hydrogens (tertiary/aromatic N) is 1. The molecule has 2 aromatic carbocycles. The number of para-hydroxylation sites is 1. The van der Waals surface area contributed by atoms with Gasteiger partial charge in [-0.3, -0.25) is 9.78 Å². The first-order chi connectivity index (χ1) is 10.2. The standard InChI is InChI=1S/C18H16N2O/c1-12(19)17-10-13(11-21)7-8-15(17)16-6-2-4-14-5-3-9-20-18(14)16/h2-12H,19H2,1H3. The number of hydrogen-bond donors (Lipinski definition) is 1. The topological polar surface area (TPSA) is 56.0 Å². The van der Waals surface area contributed by atoms with Gasteiger partial charge >= 0.3 is 0 Å². The molecular formula is C18H16N2O. The molecule has 0 amide bonds. The Bertz CT molecular complexity index is 804. The maximum Gasteiger partial charge on any atom is 0.150 e. The van der Waals surface area contributed by atoms with Gasteiger partial charge in [0.25, 0.3) is 0 Å². The number of benzene rings is 2. The molecule has 0 saturated heterocycles. The molecule has 0 aliphatic rings. The molecule has 0 radical (unpaired) electrons. The van der Waals surface area contributed by atoms with E-state index < -0.39 is 0 Å². The summed E-state index contributed by atoms with van der Waals surface area (Å²) in [4.78, 5) is 15.5. The molecule has 2 N–H and O–H groups in total. The maximum atomic E-state index is 11.0. The zero-order valence-corrected chi connectivity index (χ0v) is 11.8. The summed E-state index contributed by atoms with van der Waals surface area (Å²) in [5.74, 6) is 0. The Kier molecular flexibility index (Phi) is 3.50. The highest BCUT2D eigenvalue weighted by molar-refractivity contribution is 5.95. The molecule has 21 heavy (non-hydrogen) atoms. The smallest absolute Gasteiger partial charge is 0.150 e. The molecule has 3 aromatic rings. The molecule has 1 atom stereocenters. The second-order valence-corrected chi connectivity index (χ2v) is 5.13. The first-order valence-electron chi connectivity index (χ1n) is 6.89. The molecular weight excluding hydrogens is 260 g/mol. The van der Waals surface area contributed by atoms with Crippen molar-refractivity contribution in [3.8, 4) is 11.1 Å². The van der Waals surface area contributed by atoms with Gasteiger partial charge in [0.1, 0.15) is 6.29 Å². The summed E-state index contributed by atoms with van der Waals surface area (Å²) in [6, 6.07) is 15.5. The molecule has 1 unspecified atom stereocenters. The Balaban J connectivity index is 2.30. The van der Waals surface area contributed by atoms with Gasteiger partial charge in [0, 0.05) is 28.8 Å². The van der Waals surface area contributed by atoms with Gasteiger partial charge in [-0.1, -0.05) is 36.4 Å². The number of nitrogens with two attached hydrogens (primary N) is 1. The minimum atomic E-state index is -0.154. The maximum absolute atomic E-state index is 11.0. The number of carbonyl (C=O) groups excluding carboxylic acids is 1. The number of aldehydes is 1. The molecule has 3 nitrogen and oxygen atoms in total. The highest BCUT2D eigenvalue weighted by Crippen LogP contribution is 2.32. The number of pyridine rings is 1. The third-order valence-electron chi connectivity index (χ3n) is 3.63. The molecule has 1 heterocycles. The largest absolute Gasteiger partial charge is 0.324 e. The first-order valence-corrected chi connectivity index (χ1v) is 6.89. The summed E-state index contributed by atoms with van der Waals surface area (Å²) in [6.07, 6.45) is 2.63. The van der Waals surface area contributed by atoms with E-state index in [-0.39, 0.29) is 6.04 Å². The van der Waals surface area contributed by atoms with Crippen molar-refractivity contribution in [3.05, 3.63) is 65.9 Å². The molecule has 0 aliphatic carbocycles. The van der Waals surface area contributed by atoms with E-state index in [1.165, 1.54) is 0 Å². The van der Waals surface area contributed by atoms with Crippen molar-refractivity contribution in [2.75, 3.05) is 0 Å². The van der Waals surface area contributed by atoms with Gasteiger partial charge in [-0.15, -0.1) is 0 Å². The van der Waals surface area contributed by atoms with E-state index in [0.717, 1.165) is 33.9 Å². The van der Waals surface area contributed by atoms with Crippen LogP contribution in [0.3, 0.4) is 0 Å². The third kappa shape index (κ3) is 2.43. The zero-order valence-electron chi connectivity index (χ0n) is 11.8. The SMILES string of the molecule is CC(N)c1cc(C=O)ccc1-c1cccc2cccnc12. The molecule has 0 spiro atoms. The summed E-state index contributed by atoms with van der Waals surface area (Å²) in [6.45, 7) is 1.92. The van der Waals surface area contributed by atoms with Crippen molar-refractivity contribution >= 4 is 17.2 Å². The van der Waals surface area contributed by atoms with Crippen LogP contribution < -0.4 is 5.73 Å². The molecule has 3 heteroatoms. The predicted octanol–water partition coefficient (Wildman–Crippen LogP) is 3.73. The monoisotopic (exact) mass is 276 g/mol. The lowest BCUT2D eigenvalue weighted by molar-refractivity contribution is 0.112. The minimum absolute atomic E-state index is 0.154. The van der Waals surface area contributed by atoms with Crippen LogP contribution in [0.2, 0.25) is 0 Å². The number of carbonyl (C=O) groups is 1. The number of hydrogen-bond acceptors (Lipinski definition) is 3. The fraction of sp³-hybridized carbons (Fsp3) is 0.111. The van der Waals surface area contributed by atoms with Crippen molar-refractivity contribution in [3.63, 3.8) is 0 Å². The average Bonchev–Trinajstić information content (AvgIpc) is 2.53. The lowest BCUT2D eigenvalue weighted by Gasteiger charge is -2.15. The second-order valence-electron chi connectivity index (χ2n) is 5.13. The van der Waals surface area contributed by atoms with Crippen molar-refractivity contribution in [2.24, 2.45) is 5.73 Å². The van der Waals surface area contributed by atoms with E-state index >= 15 is 0 Å². The van der Waals surface area contributed by atoms with Crippen LogP contribution in [0, 0.1) is 0 Å². The highest BCUT2D eigenvalue weighted by atomic mass is 16.1. The van der Waals surface area contributed by atoms with Gasteiger partial charge in [0.15, 0.2) is 0 Å². The van der Waals surface area contributed by atoms with Crippen molar-refractivity contribution in [2.45, 2.75) is 13.0 Å². The average molecular weight is 276 g/mol. The van der Waals surface area contributed by atoms with Crippen LogP contribution in [0.15, 0.2) is 54.7 Å². The predicted molar refractivity (Wildman–Crippen MR) is 85.2 cm³/mol. The van der Waals surface area contributed by atoms with Crippen LogP contribution in [0.1, 0.15) is 28.9 Å². The van der Waals surface area contributed by atoms with Crippen LogP contribution in [0.4, 0.5) is 0 Å². The normalized spacial score (nSPS) is 12.3. The van der Waals surface area contributed by atoms with Gasteiger partial charge < -0.3 is 5.73 Å². The minimum Gasteiger partial charge on any atom is -0.324 e. The Morgan fingerprint density at radius 2 is 1.90 bits per heavy atom. The molecule has 0 fully saturated rings. The molecule has 0 aliphatic heterocycles. The lowest BCUT2D eigenvalue weighted by Crippen LogP contribution is -2.07. The summed E-state index contributed by atoms with van der Waals surface area (Å²) in [7, 11) is 0. The van der Waals surface area contributed by atoms with Gasteiger partial charge in [0.05, 0.1) is 5.52 Å². The Morgan fingerprint density at radius 3 is 2.67 bits per heavy atom.